The topological polar surface area (TPSA) is 114 Å². The molecule has 2 rings (SSSR count). The molecule has 1 saturated heterocycles. The summed E-state index contributed by atoms with van der Waals surface area (Å²) in [5.41, 5.74) is 0.0751. The minimum absolute atomic E-state index is 0.135. The molecule has 23 heavy (non-hydrogen) atoms. The molecule has 1 aliphatic rings. The summed E-state index contributed by atoms with van der Waals surface area (Å²) >= 11 is 0. The van der Waals surface area contributed by atoms with Crippen LogP contribution in [0.3, 0.4) is 0 Å². The third-order valence-electron chi connectivity index (χ3n) is 3.65. The van der Waals surface area contributed by atoms with Crippen LogP contribution in [0.4, 0.5) is 11.4 Å². The molecule has 1 heterocycles. The molecule has 9 nitrogen and oxygen atoms in total. The Balaban J connectivity index is 2.13. The molecular formula is C14H18N4O5. The van der Waals surface area contributed by atoms with Crippen molar-refractivity contribution < 1.29 is 19.2 Å². The molecule has 0 bridgehead atoms. The average molecular weight is 322 g/mol. The Morgan fingerprint density at radius 3 is 2.87 bits per heavy atom. The van der Waals surface area contributed by atoms with Crippen molar-refractivity contribution in [3.63, 3.8) is 0 Å². The van der Waals surface area contributed by atoms with Gasteiger partial charge in [-0.3, -0.25) is 24.6 Å². The van der Waals surface area contributed by atoms with Gasteiger partial charge in [-0.1, -0.05) is 0 Å². The second-order valence-electron chi connectivity index (χ2n) is 5.13. The monoisotopic (exact) mass is 322 g/mol. The van der Waals surface area contributed by atoms with E-state index < -0.39 is 11.0 Å². The van der Waals surface area contributed by atoms with Gasteiger partial charge in [0.25, 0.3) is 5.69 Å². The molecule has 1 atom stereocenters. The van der Waals surface area contributed by atoms with E-state index in [-0.39, 0.29) is 29.7 Å². The standard InChI is InChI=1S/C14H18N4O5/c1-9(17-6-5-15-13(19)8-17)14(20)16-11-7-10(18(21)22)3-4-12(11)23-2/h3-4,7,9H,5-6,8H2,1-2H3,(H,15,19)(H,16,20)/t9-/m0/s1. The van der Waals surface area contributed by atoms with Crippen LogP contribution in [0, 0.1) is 10.1 Å². The van der Waals surface area contributed by atoms with Crippen molar-refractivity contribution in [2.75, 3.05) is 32.1 Å². The van der Waals surface area contributed by atoms with Gasteiger partial charge in [0.2, 0.25) is 11.8 Å². The number of nitro benzene ring substituents is 1. The molecule has 0 aliphatic carbocycles. The lowest BCUT2D eigenvalue weighted by atomic mass is 10.2. The van der Waals surface area contributed by atoms with Crippen LogP contribution in [-0.2, 0) is 9.59 Å². The van der Waals surface area contributed by atoms with Crippen LogP contribution in [-0.4, -0.2) is 54.4 Å². The first kappa shape index (κ1) is 16.7. The van der Waals surface area contributed by atoms with E-state index in [1.54, 1.807) is 11.8 Å². The van der Waals surface area contributed by atoms with E-state index in [9.17, 15) is 19.7 Å². The second-order valence-corrected chi connectivity index (χ2v) is 5.13. The number of nitrogens with one attached hydrogen (secondary N) is 2. The number of nitro groups is 1. The van der Waals surface area contributed by atoms with Crippen molar-refractivity contribution in [2.45, 2.75) is 13.0 Å². The van der Waals surface area contributed by atoms with Gasteiger partial charge in [0, 0.05) is 25.2 Å². The van der Waals surface area contributed by atoms with Crippen molar-refractivity contribution in [1.82, 2.24) is 10.2 Å². The summed E-state index contributed by atoms with van der Waals surface area (Å²) in [5, 5.41) is 16.2. The molecule has 0 saturated carbocycles. The molecule has 0 spiro atoms. The molecule has 0 aromatic heterocycles. The van der Waals surface area contributed by atoms with Crippen LogP contribution in [0.1, 0.15) is 6.92 Å². The number of nitrogens with zero attached hydrogens (tertiary/aromatic N) is 2. The Bertz CT molecular complexity index is 634. The van der Waals surface area contributed by atoms with Crippen LogP contribution in [0.5, 0.6) is 5.75 Å². The summed E-state index contributed by atoms with van der Waals surface area (Å²) in [6, 6.07) is 3.41. The van der Waals surface area contributed by atoms with E-state index >= 15 is 0 Å². The van der Waals surface area contributed by atoms with Crippen LogP contribution in [0.25, 0.3) is 0 Å². The first-order valence-electron chi connectivity index (χ1n) is 7.06. The molecule has 0 radical (unpaired) electrons. The molecule has 2 amide bonds. The zero-order chi connectivity index (χ0) is 17.0. The number of amides is 2. The fourth-order valence-corrected chi connectivity index (χ4v) is 2.30. The third-order valence-corrected chi connectivity index (χ3v) is 3.65. The number of piperazine rings is 1. The Hall–Kier alpha value is -2.68. The Labute approximate surface area is 132 Å². The fraction of sp³-hybridized carbons (Fsp3) is 0.429. The van der Waals surface area contributed by atoms with Gasteiger partial charge in [-0.2, -0.15) is 0 Å². The highest BCUT2D eigenvalue weighted by molar-refractivity contribution is 5.96. The van der Waals surface area contributed by atoms with Crippen molar-refractivity contribution in [3.05, 3.63) is 28.3 Å². The van der Waals surface area contributed by atoms with Crippen molar-refractivity contribution in [2.24, 2.45) is 0 Å². The minimum atomic E-state index is -0.551. The van der Waals surface area contributed by atoms with Crippen molar-refractivity contribution >= 4 is 23.2 Å². The molecule has 2 N–H and O–H groups in total. The van der Waals surface area contributed by atoms with Gasteiger partial charge < -0.3 is 15.4 Å². The SMILES string of the molecule is COc1ccc([N+](=O)[O-])cc1NC(=O)[C@H](C)N1CCNC(=O)C1. The van der Waals surface area contributed by atoms with Gasteiger partial charge in [0.1, 0.15) is 5.75 Å². The van der Waals surface area contributed by atoms with Crippen molar-refractivity contribution in [1.29, 1.82) is 0 Å². The second kappa shape index (κ2) is 7.05. The van der Waals surface area contributed by atoms with E-state index in [1.165, 1.54) is 25.3 Å². The van der Waals surface area contributed by atoms with Crippen LogP contribution in [0.2, 0.25) is 0 Å². The maximum absolute atomic E-state index is 12.4. The summed E-state index contributed by atoms with van der Waals surface area (Å²) < 4.78 is 5.11. The lowest BCUT2D eigenvalue weighted by Crippen LogP contribution is -2.53. The molecule has 1 aromatic carbocycles. The van der Waals surface area contributed by atoms with E-state index in [0.29, 0.717) is 18.8 Å². The predicted molar refractivity (Wildman–Crippen MR) is 82.3 cm³/mol. The molecule has 9 heteroatoms. The number of benzene rings is 1. The average Bonchev–Trinajstić information content (AvgIpc) is 2.53. The fourth-order valence-electron chi connectivity index (χ4n) is 2.30. The van der Waals surface area contributed by atoms with Gasteiger partial charge in [-0.25, -0.2) is 0 Å². The third kappa shape index (κ3) is 3.95. The molecule has 0 unspecified atom stereocenters. The first-order valence-corrected chi connectivity index (χ1v) is 7.06. The molecule has 1 aromatic rings. The number of anilines is 1. The maximum Gasteiger partial charge on any atom is 0.271 e. The zero-order valence-electron chi connectivity index (χ0n) is 12.9. The summed E-state index contributed by atoms with van der Waals surface area (Å²) in [5.74, 6) is -0.171. The first-order chi connectivity index (χ1) is 10.9. The van der Waals surface area contributed by atoms with Gasteiger partial charge in [-0.15, -0.1) is 0 Å². The minimum Gasteiger partial charge on any atom is -0.495 e. The molecule has 1 fully saturated rings. The number of carbonyl (C=O) groups excluding carboxylic acids is 2. The van der Waals surface area contributed by atoms with E-state index in [4.69, 9.17) is 4.74 Å². The zero-order valence-corrected chi connectivity index (χ0v) is 12.9. The smallest absolute Gasteiger partial charge is 0.271 e. The highest BCUT2D eigenvalue weighted by Gasteiger charge is 2.26. The summed E-state index contributed by atoms with van der Waals surface area (Å²) in [6.45, 7) is 2.86. The number of hydrogen-bond donors (Lipinski definition) is 2. The molecular weight excluding hydrogens is 304 g/mol. The number of methoxy groups -OCH3 is 1. The van der Waals surface area contributed by atoms with Gasteiger partial charge in [-0.05, 0) is 13.0 Å². The number of non-ortho nitro benzene ring substituents is 1. The number of hydrogen-bond acceptors (Lipinski definition) is 6. The molecule has 1 aliphatic heterocycles. The highest BCUT2D eigenvalue weighted by Crippen LogP contribution is 2.29. The van der Waals surface area contributed by atoms with E-state index in [1.807, 2.05) is 0 Å². The van der Waals surface area contributed by atoms with Crippen molar-refractivity contribution in [3.8, 4) is 5.75 Å². The molecule has 124 valence electrons. The summed E-state index contributed by atoms with van der Waals surface area (Å²) in [7, 11) is 1.41. The summed E-state index contributed by atoms with van der Waals surface area (Å²) in [4.78, 5) is 35.8. The Kier molecular flexibility index (Phi) is 5.12. The lowest BCUT2D eigenvalue weighted by Gasteiger charge is -2.31. The van der Waals surface area contributed by atoms with Gasteiger partial charge in [0.05, 0.1) is 30.3 Å². The summed E-state index contributed by atoms with van der Waals surface area (Å²) in [6.07, 6.45) is 0. The van der Waals surface area contributed by atoms with Crippen LogP contribution < -0.4 is 15.4 Å². The Morgan fingerprint density at radius 2 is 2.26 bits per heavy atom. The maximum atomic E-state index is 12.4. The van der Waals surface area contributed by atoms with Gasteiger partial charge >= 0.3 is 0 Å². The van der Waals surface area contributed by atoms with E-state index in [0.717, 1.165) is 0 Å². The Morgan fingerprint density at radius 1 is 1.52 bits per heavy atom. The van der Waals surface area contributed by atoms with Crippen LogP contribution in [0.15, 0.2) is 18.2 Å². The largest absolute Gasteiger partial charge is 0.495 e. The number of ether oxygens (including phenoxy) is 1. The van der Waals surface area contributed by atoms with Gasteiger partial charge in [0.15, 0.2) is 0 Å². The van der Waals surface area contributed by atoms with Crippen LogP contribution >= 0.6 is 0 Å². The highest BCUT2D eigenvalue weighted by atomic mass is 16.6. The lowest BCUT2D eigenvalue weighted by molar-refractivity contribution is -0.384. The normalized spacial score (nSPS) is 16.3. The number of carbonyl (C=O) groups is 2. The van der Waals surface area contributed by atoms with E-state index in [2.05, 4.69) is 10.6 Å². The quantitative estimate of drug-likeness (QED) is 0.598. The number of rotatable bonds is 5. The predicted octanol–water partition coefficient (Wildman–Crippen LogP) is 0.362.